The Morgan fingerprint density at radius 2 is 3.43 bits per heavy atom. The topological polar surface area (TPSA) is 63.3 Å². The standard InChI is InChI=1S/C3H7NO2S/c4-2(1-7)3(5)6/h2,7H,1,4H2,(H,5,6)/t2-/m0/s1/i1D2,2D/hD3. The molecule has 3 nitrogen and oxygen atoms in total. The maximum atomic E-state index is 10.5. The van der Waals surface area contributed by atoms with Crippen molar-refractivity contribution in [2.24, 2.45) is 5.72 Å². The summed E-state index contributed by atoms with van der Waals surface area (Å²) in [7, 11) is 0. The van der Waals surface area contributed by atoms with Crippen molar-refractivity contribution in [3.63, 3.8) is 0 Å². The molecule has 0 aromatic carbocycles. The van der Waals surface area contributed by atoms with Gasteiger partial charge in [-0.1, -0.05) is 0 Å². The largest absolute Gasteiger partial charge is 0.480 e. The molecule has 0 rings (SSSR count). The minimum Gasteiger partial charge on any atom is -0.480 e. The van der Waals surface area contributed by atoms with E-state index in [9.17, 15) is 4.79 Å². The van der Waals surface area contributed by atoms with Crippen LogP contribution in [0, 0.1) is 0 Å². The summed E-state index contributed by atoms with van der Waals surface area (Å²) < 4.78 is 40.9. The summed E-state index contributed by atoms with van der Waals surface area (Å²) in [5.74, 6) is -1.98. The van der Waals surface area contributed by atoms with Gasteiger partial charge in [-0.3, -0.25) is 4.79 Å². The number of nitrogens with two attached hydrogens (primary N) is 1. The SMILES string of the molecule is [2H]SC([2H])([2H])[C@@]([2H])(C(=O)O)N([2H])[2H]. The lowest BCUT2D eigenvalue weighted by atomic mass is 10.4. The first kappa shape index (κ1) is 1.63. The molecule has 0 unspecified atom stereocenters. The van der Waals surface area contributed by atoms with Crippen molar-refractivity contribution >= 4 is 18.5 Å². The Morgan fingerprint density at radius 3 is 3.57 bits per heavy atom. The highest BCUT2D eigenvalue weighted by Crippen LogP contribution is 1.80. The molecule has 0 spiro atoms. The third kappa shape index (κ3) is 2.47. The molecule has 0 bridgehead atoms. The second-order valence-electron chi connectivity index (χ2n) is 0.756. The Kier molecular flexibility index (Phi) is 0.670. The smallest absolute Gasteiger partial charge is 0.321 e. The molecule has 0 amide bonds. The number of hydrogen-bond acceptors (Lipinski definition) is 3. The molecular weight excluding hydrogens is 114 g/mol. The first-order valence-electron chi connectivity index (χ1n) is 4.16. The van der Waals surface area contributed by atoms with E-state index in [4.69, 9.17) is 13.2 Å². The first-order chi connectivity index (χ1) is 5.70. The molecule has 1 atom stereocenters. The van der Waals surface area contributed by atoms with Gasteiger partial charge in [-0.2, -0.15) is 12.5 Å². The summed E-state index contributed by atoms with van der Waals surface area (Å²) >= 11 is -0.276. The Labute approximate surface area is 55.1 Å². The molecule has 0 saturated heterocycles. The molecule has 0 aromatic heterocycles. The highest BCUT2D eigenvalue weighted by molar-refractivity contribution is 7.80. The molecule has 0 fully saturated rings. The zero-order valence-electron chi connectivity index (χ0n) is 9.21. The van der Waals surface area contributed by atoms with E-state index in [1.165, 1.54) is 0 Å². The Balaban J connectivity index is 5.13. The average Bonchev–Trinajstić information content (AvgIpc) is 2.01. The van der Waals surface area contributed by atoms with Crippen molar-refractivity contribution in [1.29, 1.82) is 1.12 Å². The van der Waals surface area contributed by atoms with Crippen LogP contribution in [0.4, 0.5) is 0 Å². The molecule has 7 heavy (non-hydrogen) atoms. The number of hydrogen-bond donors (Lipinski definition) is 3. The molecule has 0 aliphatic carbocycles. The van der Waals surface area contributed by atoms with Gasteiger partial charge in [0.15, 0.2) is 0 Å². The van der Waals surface area contributed by atoms with Crippen LogP contribution in [0.1, 0.15) is 4.11 Å². The number of thiol groups is 1. The number of rotatable bonds is 4. The van der Waals surface area contributed by atoms with Gasteiger partial charge in [-0.05, 0) is 0 Å². The monoisotopic (exact) mass is 127 g/mol. The molecule has 0 saturated carbocycles. The van der Waals surface area contributed by atoms with E-state index < -0.39 is 23.4 Å². The molecular formula is C3H7NO2S. The van der Waals surface area contributed by atoms with Crippen molar-refractivity contribution in [3.05, 3.63) is 0 Å². The van der Waals surface area contributed by atoms with Crippen molar-refractivity contribution in [1.82, 2.24) is 0 Å². The van der Waals surface area contributed by atoms with Crippen LogP contribution in [-0.4, -0.2) is 23.9 Å². The van der Waals surface area contributed by atoms with Gasteiger partial charge in [0.1, 0.15) is 9.97 Å². The first-order valence-corrected chi connectivity index (χ1v) is 1.76. The molecule has 3 N–H and O–H groups in total. The van der Waals surface area contributed by atoms with Gasteiger partial charge in [-0.25, -0.2) is 0 Å². The highest BCUT2D eigenvalue weighted by atomic mass is 32.1. The van der Waals surface area contributed by atoms with Crippen molar-refractivity contribution in [3.8, 4) is 0 Å². The van der Waals surface area contributed by atoms with Crippen molar-refractivity contribution in [2.75, 3.05) is 5.70 Å². The Bertz CT molecular complexity index is 212. The minimum absolute atomic E-state index is 0.276. The molecule has 42 valence electrons. The lowest BCUT2D eigenvalue weighted by Crippen LogP contribution is -2.31. The summed E-state index contributed by atoms with van der Waals surface area (Å²) in [6, 6.07) is -3.11. The van der Waals surface area contributed by atoms with Crippen LogP contribution in [0.2, 0.25) is 2.82 Å². The molecule has 4 heteroatoms. The van der Waals surface area contributed by atoms with E-state index in [0.717, 1.165) is 0 Å². The number of carbonyl (C=O) groups is 1. The molecule has 0 aliphatic heterocycles. The van der Waals surface area contributed by atoms with E-state index in [1.54, 1.807) is 0 Å². The lowest BCUT2D eigenvalue weighted by Gasteiger charge is -1.96. The number of carboxylic acid groups (broad SMARTS) is 1. The number of aliphatic carboxylic acids is 1. The summed E-state index contributed by atoms with van der Waals surface area (Å²) in [5.41, 5.74) is -3.43. The van der Waals surface area contributed by atoms with E-state index in [1.807, 2.05) is 0 Å². The Hall–Kier alpha value is -0.220. The van der Waals surface area contributed by atoms with Gasteiger partial charge < -0.3 is 10.8 Å². The van der Waals surface area contributed by atoms with Crippen molar-refractivity contribution < 1.29 is 16.8 Å². The quantitative estimate of drug-likeness (QED) is 0.439. The minimum atomic E-state index is -3.11. The normalized spacial score (nSPS) is 32.7. The van der Waals surface area contributed by atoms with Crippen LogP contribution < -0.4 is 5.72 Å². The van der Waals surface area contributed by atoms with Gasteiger partial charge in [0.05, 0.1) is 1.37 Å². The lowest BCUT2D eigenvalue weighted by molar-refractivity contribution is -0.137. The summed E-state index contributed by atoms with van der Waals surface area (Å²) in [5, 5.41) is 8.46. The second kappa shape index (κ2) is 2.87. The predicted octanol–water partition coefficient (Wildman–Crippen LogP) is -0.672. The van der Waals surface area contributed by atoms with Crippen LogP contribution in [0.5, 0.6) is 0 Å². The zero-order chi connectivity index (χ0) is 10.9. The fourth-order valence-corrected chi connectivity index (χ4v) is 0.131. The molecule has 0 radical (unpaired) electrons. The third-order valence-electron chi connectivity index (χ3n) is 0.299. The van der Waals surface area contributed by atoms with Crippen molar-refractivity contribution in [2.45, 2.75) is 6.02 Å². The van der Waals surface area contributed by atoms with Crippen LogP contribution in [0.15, 0.2) is 0 Å². The fourth-order valence-electron chi connectivity index (χ4n) is 0.0437. The zero-order valence-corrected chi connectivity index (χ0v) is 4.03. The third-order valence-corrected chi connectivity index (χ3v) is 0.493. The molecule has 0 aromatic rings. The number of carboxylic acids is 1. The van der Waals surface area contributed by atoms with Crippen LogP contribution >= 0.6 is 12.5 Å². The van der Waals surface area contributed by atoms with E-state index in [0.29, 0.717) is 0 Å². The van der Waals surface area contributed by atoms with Gasteiger partial charge in [0.25, 0.3) is 0 Å². The summed E-state index contributed by atoms with van der Waals surface area (Å²) in [4.78, 5) is 10.5. The summed E-state index contributed by atoms with van der Waals surface area (Å²) in [6.07, 6.45) is 0. The maximum absolute atomic E-state index is 10.5. The second-order valence-corrected chi connectivity index (χ2v) is 0.960. The van der Waals surface area contributed by atoms with Gasteiger partial charge in [0, 0.05) is 8.45 Å². The average molecular weight is 127 g/mol. The molecule has 0 aliphatic rings. The van der Waals surface area contributed by atoms with Gasteiger partial charge >= 0.3 is 5.97 Å². The van der Waals surface area contributed by atoms with Crippen LogP contribution in [0.3, 0.4) is 0 Å². The van der Waals surface area contributed by atoms with E-state index in [2.05, 4.69) is 0 Å². The van der Waals surface area contributed by atoms with Gasteiger partial charge in [-0.15, -0.1) is 0 Å². The Morgan fingerprint density at radius 1 is 2.71 bits per heavy atom. The predicted molar refractivity (Wildman–Crippen MR) is 29.5 cm³/mol. The van der Waals surface area contributed by atoms with E-state index in [-0.39, 0.29) is 12.5 Å². The summed E-state index contributed by atoms with van der Waals surface area (Å²) in [6.45, 7) is 0. The van der Waals surface area contributed by atoms with Crippen LogP contribution in [-0.2, 0) is 4.79 Å². The van der Waals surface area contributed by atoms with Gasteiger partial charge in [0.2, 0.25) is 0 Å². The van der Waals surface area contributed by atoms with Crippen LogP contribution in [0.25, 0.3) is 0 Å². The molecule has 0 heterocycles. The fraction of sp³-hybridized carbons (Fsp3) is 0.667. The highest BCUT2D eigenvalue weighted by Gasteiger charge is 2.06. The van der Waals surface area contributed by atoms with E-state index >= 15 is 0 Å². The maximum Gasteiger partial charge on any atom is 0.321 e.